The molecule has 3 saturated heterocycles. The van der Waals surface area contributed by atoms with Gasteiger partial charge < -0.3 is 19.3 Å². The van der Waals surface area contributed by atoms with Crippen LogP contribution in [-0.2, 0) is 11.8 Å². The van der Waals surface area contributed by atoms with Gasteiger partial charge in [0.1, 0.15) is 0 Å². The zero-order valence-corrected chi connectivity index (χ0v) is 19.2. The maximum Gasteiger partial charge on any atom is 0.293 e. The summed E-state index contributed by atoms with van der Waals surface area (Å²) in [5, 5.41) is 0. The van der Waals surface area contributed by atoms with Gasteiger partial charge in [-0.05, 0) is 63.7 Å². The van der Waals surface area contributed by atoms with E-state index in [0.29, 0.717) is 18.4 Å². The second kappa shape index (κ2) is 9.22. The molecule has 1 atom stereocenters. The Morgan fingerprint density at radius 3 is 2.47 bits per heavy atom. The number of carbonyl (C=O) groups excluding carboxylic acids is 1. The van der Waals surface area contributed by atoms with E-state index in [9.17, 15) is 9.59 Å². The Balaban J connectivity index is 1.25. The summed E-state index contributed by atoms with van der Waals surface area (Å²) in [5.41, 5.74) is 1.57. The monoisotopic (exact) mass is 437 g/mol. The van der Waals surface area contributed by atoms with Crippen molar-refractivity contribution in [3.63, 3.8) is 0 Å². The third kappa shape index (κ3) is 4.15. The largest absolute Gasteiger partial charge is 0.351 e. The third-order valence-corrected chi connectivity index (χ3v) is 7.72. The Kier molecular flexibility index (Phi) is 6.17. The van der Waals surface area contributed by atoms with E-state index >= 15 is 0 Å². The van der Waals surface area contributed by atoms with Gasteiger partial charge in [-0.25, -0.2) is 4.98 Å². The summed E-state index contributed by atoms with van der Waals surface area (Å²) in [6.07, 6.45) is 8.00. The summed E-state index contributed by atoms with van der Waals surface area (Å²) in [6, 6.07) is 8.38. The minimum atomic E-state index is -0.0841. The van der Waals surface area contributed by atoms with Crippen LogP contribution in [0.1, 0.15) is 44.9 Å². The first-order valence-corrected chi connectivity index (χ1v) is 12.4. The van der Waals surface area contributed by atoms with Crippen molar-refractivity contribution < 1.29 is 4.79 Å². The Morgan fingerprint density at radius 1 is 0.938 bits per heavy atom. The fraction of sp³-hybridized carbons (Fsp3) is 0.640. The zero-order chi connectivity index (χ0) is 22.1. The Hall–Kier alpha value is -2.41. The first kappa shape index (κ1) is 21.4. The average Bonchev–Trinajstić information content (AvgIpc) is 2.86. The molecule has 3 fully saturated rings. The number of rotatable bonds is 3. The highest BCUT2D eigenvalue weighted by molar-refractivity contribution is 5.80. The number of hydrogen-bond acceptors (Lipinski definition) is 5. The van der Waals surface area contributed by atoms with E-state index in [2.05, 4.69) is 14.8 Å². The Labute approximate surface area is 190 Å². The van der Waals surface area contributed by atoms with Crippen molar-refractivity contribution in [2.24, 2.45) is 13.0 Å². The van der Waals surface area contributed by atoms with E-state index < -0.39 is 0 Å². The molecule has 1 aromatic carbocycles. The van der Waals surface area contributed by atoms with Crippen molar-refractivity contribution in [1.29, 1.82) is 0 Å². The number of piperidine rings is 3. The number of aryl methyl sites for hydroxylation is 1. The number of benzene rings is 1. The summed E-state index contributed by atoms with van der Waals surface area (Å²) in [5.74, 6) is 0.699. The van der Waals surface area contributed by atoms with Crippen molar-refractivity contribution in [2.45, 2.75) is 51.0 Å². The maximum absolute atomic E-state index is 13.4. The van der Waals surface area contributed by atoms with E-state index in [4.69, 9.17) is 0 Å². The van der Waals surface area contributed by atoms with Crippen molar-refractivity contribution in [1.82, 2.24) is 19.4 Å². The molecule has 0 radical (unpaired) electrons. The third-order valence-electron chi connectivity index (χ3n) is 7.72. The number of hydrogen-bond donors (Lipinski definition) is 0. The number of amides is 1. The number of nitrogens with zero attached hydrogens (tertiary/aromatic N) is 5. The van der Waals surface area contributed by atoms with Gasteiger partial charge in [0.2, 0.25) is 5.91 Å². The van der Waals surface area contributed by atoms with Crippen LogP contribution < -0.4 is 10.5 Å². The normalized spacial score (nSPS) is 23.6. The lowest BCUT2D eigenvalue weighted by atomic mass is 9.94. The minimum Gasteiger partial charge on any atom is -0.351 e. The van der Waals surface area contributed by atoms with E-state index in [1.54, 1.807) is 11.6 Å². The molecule has 0 bridgehead atoms. The molecule has 0 aliphatic carbocycles. The first-order valence-electron chi connectivity index (χ1n) is 12.4. The topological polar surface area (TPSA) is 61.7 Å². The van der Waals surface area contributed by atoms with Gasteiger partial charge in [-0.3, -0.25) is 9.59 Å². The fourth-order valence-electron chi connectivity index (χ4n) is 5.83. The van der Waals surface area contributed by atoms with Crippen molar-refractivity contribution in [3.8, 4) is 0 Å². The molecule has 32 heavy (non-hydrogen) atoms. The number of carbonyl (C=O) groups is 1. The molecule has 7 heteroatoms. The molecular weight excluding hydrogens is 402 g/mol. The van der Waals surface area contributed by atoms with E-state index in [1.165, 1.54) is 32.4 Å². The first-order chi connectivity index (χ1) is 15.6. The van der Waals surface area contributed by atoms with E-state index in [0.717, 1.165) is 56.4 Å². The molecule has 1 unspecified atom stereocenters. The van der Waals surface area contributed by atoms with Gasteiger partial charge in [0.25, 0.3) is 5.56 Å². The molecule has 0 saturated carbocycles. The zero-order valence-electron chi connectivity index (χ0n) is 19.2. The lowest BCUT2D eigenvalue weighted by Gasteiger charge is -2.42. The van der Waals surface area contributed by atoms with Crippen LogP contribution >= 0.6 is 0 Å². The molecule has 1 aromatic heterocycles. The molecule has 1 amide bonds. The molecule has 0 spiro atoms. The predicted molar refractivity (Wildman–Crippen MR) is 127 cm³/mol. The van der Waals surface area contributed by atoms with Gasteiger partial charge >= 0.3 is 0 Å². The molecule has 2 aromatic rings. The summed E-state index contributed by atoms with van der Waals surface area (Å²) in [6.45, 7) is 5.56. The predicted octanol–water partition coefficient (Wildman–Crippen LogP) is 2.63. The fourth-order valence-corrected chi connectivity index (χ4v) is 5.83. The minimum absolute atomic E-state index is 0.0479. The van der Waals surface area contributed by atoms with Gasteiger partial charge in [0, 0.05) is 39.3 Å². The summed E-state index contributed by atoms with van der Waals surface area (Å²) < 4.78 is 1.68. The van der Waals surface area contributed by atoms with Crippen molar-refractivity contribution in [2.75, 3.05) is 44.2 Å². The molecule has 3 aliphatic heterocycles. The lowest BCUT2D eigenvalue weighted by molar-refractivity contribution is -0.137. The molecule has 172 valence electrons. The number of anilines is 1. The second-order valence-corrected chi connectivity index (χ2v) is 9.73. The number of para-hydroxylation sites is 2. The number of fused-ring (bicyclic) bond motifs is 1. The summed E-state index contributed by atoms with van der Waals surface area (Å²) in [4.78, 5) is 37.8. The summed E-state index contributed by atoms with van der Waals surface area (Å²) >= 11 is 0. The van der Waals surface area contributed by atoms with Crippen LogP contribution in [0.5, 0.6) is 0 Å². The van der Waals surface area contributed by atoms with Gasteiger partial charge in [-0.15, -0.1) is 0 Å². The molecular formula is C25H35N5O2. The highest BCUT2D eigenvalue weighted by Gasteiger charge is 2.34. The smallest absolute Gasteiger partial charge is 0.293 e. The maximum atomic E-state index is 13.4. The quantitative estimate of drug-likeness (QED) is 0.739. The molecule has 0 N–H and O–H groups in total. The molecule has 3 aliphatic rings. The van der Waals surface area contributed by atoms with Gasteiger partial charge in [-0.2, -0.15) is 0 Å². The molecule has 4 heterocycles. The van der Waals surface area contributed by atoms with Crippen LogP contribution in [0.15, 0.2) is 29.1 Å². The van der Waals surface area contributed by atoms with E-state index in [1.807, 2.05) is 29.2 Å². The van der Waals surface area contributed by atoms with Gasteiger partial charge in [0.15, 0.2) is 5.82 Å². The number of likely N-dealkylation sites (tertiary alicyclic amines) is 2. The molecule has 5 rings (SSSR count). The molecule has 7 nitrogen and oxygen atoms in total. The van der Waals surface area contributed by atoms with Crippen molar-refractivity contribution in [3.05, 3.63) is 34.6 Å². The van der Waals surface area contributed by atoms with Gasteiger partial charge in [-0.1, -0.05) is 18.6 Å². The van der Waals surface area contributed by atoms with E-state index in [-0.39, 0.29) is 17.4 Å². The van der Waals surface area contributed by atoms with Crippen LogP contribution in [0.25, 0.3) is 11.0 Å². The van der Waals surface area contributed by atoms with Crippen LogP contribution in [0.2, 0.25) is 0 Å². The highest BCUT2D eigenvalue weighted by atomic mass is 16.2. The van der Waals surface area contributed by atoms with Crippen LogP contribution in [0.3, 0.4) is 0 Å². The summed E-state index contributed by atoms with van der Waals surface area (Å²) in [7, 11) is 1.80. The van der Waals surface area contributed by atoms with Crippen LogP contribution in [0, 0.1) is 5.92 Å². The Bertz CT molecular complexity index is 1020. The standard InChI is InChI=1S/C25H35N5O2/c1-27-22-10-4-3-9-21(22)26-23(25(27)32)30-15-7-8-19(18-30)24(31)29-16-11-20(12-17-29)28-13-5-2-6-14-28/h3-4,9-10,19-20H,2,5-8,11-18H2,1H3. The van der Waals surface area contributed by atoms with Crippen LogP contribution in [-0.4, -0.2) is 70.6 Å². The second-order valence-electron chi connectivity index (χ2n) is 9.73. The Morgan fingerprint density at radius 2 is 1.69 bits per heavy atom. The lowest BCUT2D eigenvalue weighted by Crippen LogP contribution is -2.51. The average molecular weight is 438 g/mol. The van der Waals surface area contributed by atoms with Crippen molar-refractivity contribution >= 4 is 22.8 Å². The van der Waals surface area contributed by atoms with Gasteiger partial charge in [0.05, 0.1) is 17.0 Å². The van der Waals surface area contributed by atoms with Crippen LogP contribution in [0.4, 0.5) is 5.82 Å². The number of aromatic nitrogens is 2. The highest BCUT2D eigenvalue weighted by Crippen LogP contribution is 2.26. The SMILES string of the molecule is Cn1c(=O)c(N2CCCC(C(=O)N3CCC(N4CCCCC4)CC3)C2)nc2ccccc21.